The van der Waals surface area contributed by atoms with Crippen LogP contribution in [-0.2, 0) is 5.41 Å². The SMILES string of the molecule is COc1ccc(OCC(O)CN(C)C2CCCCC2)c(C(C)(C)C)c1.Cl. The minimum Gasteiger partial charge on any atom is -0.497 e. The standard InChI is InChI=1S/C21H35NO3.ClH/c1-21(2,3)19-13-18(24-5)11-12-20(19)25-15-17(23)14-22(4)16-9-7-6-8-10-16;/h11-13,16-17,23H,6-10,14-15H2,1-5H3;1H. The molecule has 1 atom stereocenters. The Morgan fingerprint density at radius 1 is 1.19 bits per heavy atom. The molecule has 1 aromatic carbocycles. The highest BCUT2D eigenvalue weighted by Gasteiger charge is 2.22. The van der Waals surface area contributed by atoms with E-state index < -0.39 is 6.10 Å². The zero-order chi connectivity index (χ0) is 18.4. The van der Waals surface area contributed by atoms with Gasteiger partial charge in [-0.05, 0) is 43.5 Å². The van der Waals surface area contributed by atoms with E-state index in [1.807, 2.05) is 18.2 Å². The second kappa shape index (κ2) is 10.4. The van der Waals surface area contributed by atoms with Gasteiger partial charge in [0.15, 0.2) is 0 Å². The number of halogens is 1. The molecule has 0 saturated heterocycles. The van der Waals surface area contributed by atoms with Gasteiger partial charge in [0.05, 0.1) is 7.11 Å². The number of benzene rings is 1. The smallest absolute Gasteiger partial charge is 0.123 e. The van der Waals surface area contributed by atoms with Crippen molar-refractivity contribution >= 4 is 12.4 Å². The Balaban J connectivity index is 0.00000338. The lowest BCUT2D eigenvalue weighted by Crippen LogP contribution is -2.40. The fourth-order valence-corrected chi connectivity index (χ4v) is 3.59. The minimum atomic E-state index is -0.484. The van der Waals surface area contributed by atoms with E-state index in [0.717, 1.165) is 17.1 Å². The first-order valence-corrected chi connectivity index (χ1v) is 9.51. The first-order chi connectivity index (χ1) is 11.8. The molecule has 5 heteroatoms. The van der Waals surface area contributed by atoms with Crippen LogP contribution in [0.4, 0.5) is 0 Å². The summed E-state index contributed by atoms with van der Waals surface area (Å²) in [5.74, 6) is 1.66. The van der Waals surface area contributed by atoms with E-state index in [4.69, 9.17) is 9.47 Å². The number of rotatable bonds is 7. The van der Waals surface area contributed by atoms with Crippen molar-refractivity contribution in [1.82, 2.24) is 4.90 Å². The highest BCUT2D eigenvalue weighted by Crippen LogP contribution is 2.34. The fraction of sp³-hybridized carbons (Fsp3) is 0.714. The van der Waals surface area contributed by atoms with Crippen LogP contribution in [0, 0.1) is 0 Å². The number of aliphatic hydroxyl groups is 1. The van der Waals surface area contributed by atoms with E-state index in [2.05, 4.69) is 32.7 Å². The average molecular weight is 386 g/mol. The number of ether oxygens (including phenoxy) is 2. The Hall–Kier alpha value is -0.970. The summed E-state index contributed by atoms with van der Waals surface area (Å²) in [6.07, 6.45) is 5.98. The molecule has 1 fully saturated rings. The molecule has 1 saturated carbocycles. The highest BCUT2D eigenvalue weighted by molar-refractivity contribution is 5.85. The first-order valence-electron chi connectivity index (χ1n) is 9.51. The van der Waals surface area contributed by atoms with Gasteiger partial charge < -0.3 is 19.5 Å². The van der Waals surface area contributed by atoms with Gasteiger partial charge in [0.25, 0.3) is 0 Å². The van der Waals surface area contributed by atoms with Gasteiger partial charge in [-0.1, -0.05) is 40.0 Å². The molecular formula is C21H36ClNO3. The van der Waals surface area contributed by atoms with Crippen molar-refractivity contribution < 1.29 is 14.6 Å². The summed E-state index contributed by atoms with van der Waals surface area (Å²) in [5, 5.41) is 10.4. The van der Waals surface area contributed by atoms with Crippen LogP contribution in [0.2, 0.25) is 0 Å². The number of hydrogen-bond acceptors (Lipinski definition) is 4. The van der Waals surface area contributed by atoms with Crippen LogP contribution in [0.15, 0.2) is 18.2 Å². The van der Waals surface area contributed by atoms with Gasteiger partial charge in [-0.3, -0.25) is 0 Å². The van der Waals surface area contributed by atoms with Crippen molar-refractivity contribution in [2.75, 3.05) is 27.3 Å². The van der Waals surface area contributed by atoms with Gasteiger partial charge in [-0.2, -0.15) is 0 Å². The lowest BCUT2D eigenvalue weighted by atomic mass is 9.86. The largest absolute Gasteiger partial charge is 0.497 e. The van der Waals surface area contributed by atoms with Crippen LogP contribution < -0.4 is 9.47 Å². The predicted molar refractivity (Wildman–Crippen MR) is 110 cm³/mol. The molecule has 0 spiro atoms. The zero-order valence-corrected chi connectivity index (χ0v) is 17.8. The van der Waals surface area contributed by atoms with E-state index in [1.165, 1.54) is 32.1 Å². The number of aliphatic hydroxyl groups excluding tert-OH is 1. The molecule has 1 aromatic rings. The summed E-state index contributed by atoms with van der Waals surface area (Å²) < 4.78 is 11.3. The molecular weight excluding hydrogens is 350 g/mol. The molecule has 2 rings (SSSR count). The molecule has 0 aromatic heterocycles. The molecule has 0 bridgehead atoms. The van der Waals surface area contributed by atoms with Gasteiger partial charge >= 0.3 is 0 Å². The summed E-state index contributed by atoms with van der Waals surface area (Å²) in [7, 11) is 3.79. The molecule has 1 aliphatic carbocycles. The van der Waals surface area contributed by atoms with Gasteiger partial charge in [0.1, 0.15) is 24.2 Å². The van der Waals surface area contributed by atoms with Crippen molar-refractivity contribution in [2.24, 2.45) is 0 Å². The molecule has 1 aliphatic rings. The normalized spacial score (nSPS) is 16.9. The quantitative estimate of drug-likeness (QED) is 0.754. The summed E-state index contributed by atoms with van der Waals surface area (Å²) in [5.41, 5.74) is 1.05. The molecule has 1 unspecified atom stereocenters. The van der Waals surface area contributed by atoms with Crippen molar-refractivity contribution in [3.8, 4) is 11.5 Å². The van der Waals surface area contributed by atoms with Crippen LogP contribution in [-0.4, -0.2) is 49.5 Å². The molecule has 150 valence electrons. The lowest BCUT2D eigenvalue weighted by Gasteiger charge is -2.32. The summed E-state index contributed by atoms with van der Waals surface area (Å²) in [4.78, 5) is 2.30. The predicted octanol–water partition coefficient (Wildman–Crippen LogP) is 4.42. The van der Waals surface area contributed by atoms with Crippen LogP contribution in [0.5, 0.6) is 11.5 Å². The number of likely N-dealkylation sites (N-methyl/N-ethyl adjacent to an activating group) is 1. The maximum absolute atomic E-state index is 10.4. The lowest BCUT2D eigenvalue weighted by molar-refractivity contribution is 0.0556. The van der Waals surface area contributed by atoms with Crippen molar-refractivity contribution in [3.05, 3.63) is 23.8 Å². The Morgan fingerprint density at radius 2 is 1.85 bits per heavy atom. The van der Waals surface area contributed by atoms with Crippen molar-refractivity contribution in [1.29, 1.82) is 0 Å². The zero-order valence-electron chi connectivity index (χ0n) is 17.0. The van der Waals surface area contributed by atoms with Gasteiger partial charge in [0, 0.05) is 18.2 Å². The second-order valence-corrected chi connectivity index (χ2v) is 8.31. The fourth-order valence-electron chi connectivity index (χ4n) is 3.59. The van der Waals surface area contributed by atoms with Crippen molar-refractivity contribution in [2.45, 2.75) is 70.4 Å². The molecule has 0 aliphatic heterocycles. The number of nitrogens with zero attached hydrogens (tertiary/aromatic N) is 1. The van der Waals surface area contributed by atoms with E-state index in [0.29, 0.717) is 19.2 Å². The first kappa shape index (κ1) is 23.1. The topological polar surface area (TPSA) is 41.9 Å². The number of hydrogen-bond donors (Lipinski definition) is 1. The van der Waals surface area contributed by atoms with Gasteiger partial charge in [-0.25, -0.2) is 0 Å². The third-order valence-electron chi connectivity index (χ3n) is 5.12. The van der Waals surface area contributed by atoms with E-state index >= 15 is 0 Å². The summed E-state index contributed by atoms with van der Waals surface area (Å²) >= 11 is 0. The van der Waals surface area contributed by atoms with Crippen LogP contribution >= 0.6 is 12.4 Å². The Kier molecular flexibility index (Phi) is 9.22. The second-order valence-electron chi connectivity index (χ2n) is 8.31. The molecule has 26 heavy (non-hydrogen) atoms. The maximum Gasteiger partial charge on any atom is 0.123 e. The third kappa shape index (κ3) is 6.64. The number of methoxy groups -OCH3 is 1. The minimum absolute atomic E-state index is 0. The molecule has 1 N–H and O–H groups in total. The van der Waals surface area contributed by atoms with E-state index in [1.54, 1.807) is 7.11 Å². The molecule has 0 radical (unpaired) electrons. The van der Waals surface area contributed by atoms with Gasteiger partial charge in [-0.15, -0.1) is 12.4 Å². The van der Waals surface area contributed by atoms with Crippen LogP contribution in [0.1, 0.15) is 58.4 Å². The van der Waals surface area contributed by atoms with E-state index in [-0.39, 0.29) is 17.8 Å². The third-order valence-corrected chi connectivity index (χ3v) is 5.12. The average Bonchev–Trinajstić information content (AvgIpc) is 2.59. The Bertz CT molecular complexity index is 539. The molecule has 4 nitrogen and oxygen atoms in total. The Morgan fingerprint density at radius 3 is 2.42 bits per heavy atom. The summed E-state index contributed by atoms with van der Waals surface area (Å²) in [6, 6.07) is 6.48. The Labute approximate surface area is 165 Å². The highest BCUT2D eigenvalue weighted by atomic mass is 35.5. The van der Waals surface area contributed by atoms with Crippen molar-refractivity contribution in [3.63, 3.8) is 0 Å². The van der Waals surface area contributed by atoms with Crippen LogP contribution in [0.25, 0.3) is 0 Å². The van der Waals surface area contributed by atoms with E-state index in [9.17, 15) is 5.11 Å². The monoisotopic (exact) mass is 385 g/mol. The summed E-state index contributed by atoms with van der Waals surface area (Å²) in [6.45, 7) is 7.43. The maximum atomic E-state index is 10.4. The molecule has 0 heterocycles. The molecule has 0 amide bonds. The van der Waals surface area contributed by atoms with Gasteiger partial charge in [0.2, 0.25) is 0 Å². The van der Waals surface area contributed by atoms with Crippen LogP contribution in [0.3, 0.4) is 0 Å².